The van der Waals surface area contributed by atoms with Crippen molar-refractivity contribution in [1.82, 2.24) is 20.5 Å². The minimum absolute atomic E-state index is 0. The zero-order valence-corrected chi connectivity index (χ0v) is 20.9. The molecular weight excluding hydrogens is 509 g/mol. The standard InChI is InChI=1S/C22H29N5OS.HI/c1-17-26-20(16-29-17)10-11-24-22(23-2)25-13-18-7-4-5-8-19(18)14-27(3)15-21-9-6-12-28-21;/h4-9,12,16H,10-11,13-15H2,1-3H3,(H2,23,24,25);1H. The fourth-order valence-corrected chi connectivity index (χ4v) is 3.78. The molecule has 0 aliphatic rings. The van der Waals surface area contributed by atoms with Gasteiger partial charge in [0.1, 0.15) is 5.76 Å². The monoisotopic (exact) mass is 539 g/mol. The number of furan rings is 1. The molecule has 2 N–H and O–H groups in total. The minimum atomic E-state index is 0. The van der Waals surface area contributed by atoms with Crippen LogP contribution in [0.5, 0.6) is 0 Å². The highest BCUT2D eigenvalue weighted by molar-refractivity contribution is 14.0. The van der Waals surface area contributed by atoms with Gasteiger partial charge in [-0.1, -0.05) is 24.3 Å². The van der Waals surface area contributed by atoms with Gasteiger partial charge in [-0.3, -0.25) is 9.89 Å². The number of benzene rings is 1. The molecule has 6 nitrogen and oxygen atoms in total. The lowest BCUT2D eigenvalue weighted by molar-refractivity contribution is 0.287. The number of hydrogen-bond donors (Lipinski definition) is 2. The van der Waals surface area contributed by atoms with Gasteiger partial charge in [0.25, 0.3) is 0 Å². The molecule has 0 radical (unpaired) electrons. The second-order valence-corrected chi connectivity index (χ2v) is 8.04. The quantitative estimate of drug-likeness (QED) is 0.243. The van der Waals surface area contributed by atoms with Gasteiger partial charge in [-0.2, -0.15) is 0 Å². The predicted octanol–water partition coefficient (Wildman–Crippen LogP) is 4.20. The van der Waals surface area contributed by atoms with E-state index in [0.717, 1.165) is 55.0 Å². The lowest BCUT2D eigenvalue weighted by Gasteiger charge is -2.19. The van der Waals surface area contributed by atoms with Gasteiger partial charge in [-0.15, -0.1) is 35.3 Å². The van der Waals surface area contributed by atoms with E-state index < -0.39 is 0 Å². The number of aryl methyl sites for hydroxylation is 1. The van der Waals surface area contributed by atoms with Crippen molar-refractivity contribution in [1.29, 1.82) is 0 Å². The molecule has 0 aliphatic heterocycles. The summed E-state index contributed by atoms with van der Waals surface area (Å²) in [5.74, 6) is 1.78. The van der Waals surface area contributed by atoms with Crippen LogP contribution in [0.3, 0.4) is 0 Å². The van der Waals surface area contributed by atoms with Crippen LogP contribution < -0.4 is 10.6 Å². The summed E-state index contributed by atoms with van der Waals surface area (Å²) < 4.78 is 5.45. The maximum atomic E-state index is 5.45. The Kier molecular flexibility index (Phi) is 10.3. The van der Waals surface area contributed by atoms with Gasteiger partial charge < -0.3 is 15.1 Å². The fraction of sp³-hybridized carbons (Fsp3) is 0.364. The molecular formula is C22H30IN5OS. The Labute approximate surface area is 199 Å². The van der Waals surface area contributed by atoms with Gasteiger partial charge in [0.15, 0.2) is 5.96 Å². The number of hydrogen-bond acceptors (Lipinski definition) is 5. The van der Waals surface area contributed by atoms with Crippen molar-refractivity contribution in [2.75, 3.05) is 20.6 Å². The van der Waals surface area contributed by atoms with Crippen LogP contribution in [0.1, 0.15) is 27.6 Å². The molecule has 2 aromatic heterocycles. The van der Waals surface area contributed by atoms with E-state index in [1.54, 1.807) is 24.6 Å². The SMILES string of the molecule is CN=C(NCCc1csc(C)n1)NCc1ccccc1CN(C)Cc1ccco1.I. The van der Waals surface area contributed by atoms with Crippen molar-refractivity contribution in [2.24, 2.45) is 4.99 Å². The summed E-state index contributed by atoms with van der Waals surface area (Å²) in [5.41, 5.74) is 3.68. The maximum Gasteiger partial charge on any atom is 0.191 e. The highest BCUT2D eigenvalue weighted by Gasteiger charge is 2.08. The fourth-order valence-electron chi connectivity index (χ4n) is 3.13. The van der Waals surface area contributed by atoms with Crippen LogP contribution in [0.2, 0.25) is 0 Å². The molecule has 0 unspecified atom stereocenters. The lowest BCUT2D eigenvalue weighted by atomic mass is 10.1. The van der Waals surface area contributed by atoms with E-state index in [-0.39, 0.29) is 24.0 Å². The third-order valence-corrected chi connectivity index (χ3v) is 5.40. The molecule has 0 fully saturated rings. The van der Waals surface area contributed by atoms with Gasteiger partial charge in [-0.25, -0.2) is 4.98 Å². The van der Waals surface area contributed by atoms with Crippen molar-refractivity contribution in [3.8, 4) is 0 Å². The Balaban J connectivity index is 0.00000320. The third kappa shape index (κ3) is 7.73. The molecule has 30 heavy (non-hydrogen) atoms. The number of nitrogens with zero attached hydrogens (tertiary/aromatic N) is 3. The van der Waals surface area contributed by atoms with Crippen molar-refractivity contribution >= 4 is 41.3 Å². The topological polar surface area (TPSA) is 65.7 Å². The van der Waals surface area contributed by atoms with Crippen LogP contribution >= 0.6 is 35.3 Å². The van der Waals surface area contributed by atoms with Crippen molar-refractivity contribution < 1.29 is 4.42 Å². The largest absolute Gasteiger partial charge is 0.468 e. The summed E-state index contributed by atoms with van der Waals surface area (Å²) >= 11 is 1.69. The van der Waals surface area contributed by atoms with Crippen LogP contribution in [0.4, 0.5) is 0 Å². The average molecular weight is 539 g/mol. The Bertz CT molecular complexity index is 910. The maximum absolute atomic E-state index is 5.45. The lowest BCUT2D eigenvalue weighted by Crippen LogP contribution is -2.38. The number of halogens is 1. The van der Waals surface area contributed by atoms with E-state index in [0.29, 0.717) is 0 Å². The van der Waals surface area contributed by atoms with Gasteiger partial charge in [0.05, 0.1) is 23.5 Å². The van der Waals surface area contributed by atoms with E-state index in [2.05, 4.69) is 62.2 Å². The van der Waals surface area contributed by atoms with Crippen LogP contribution in [-0.2, 0) is 26.1 Å². The van der Waals surface area contributed by atoms with Crippen molar-refractivity contribution in [2.45, 2.75) is 33.0 Å². The van der Waals surface area contributed by atoms with Crippen LogP contribution in [0.15, 0.2) is 57.5 Å². The normalized spacial score (nSPS) is 11.4. The van der Waals surface area contributed by atoms with E-state index in [4.69, 9.17) is 4.42 Å². The Morgan fingerprint density at radius 2 is 1.93 bits per heavy atom. The van der Waals surface area contributed by atoms with Crippen molar-refractivity contribution in [3.05, 3.63) is 75.6 Å². The Hall–Kier alpha value is -1.91. The third-order valence-electron chi connectivity index (χ3n) is 4.57. The van der Waals surface area contributed by atoms with Crippen molar-refractivity contribution in [3.63, 3.8) is 0 Å². The molecule has 162 valence electrons. The number of nitrogens with one attached hydrogen (secondary N) is 2. The van der Waals surface area contributed by atoms with Gasteiger partial charge in [0.2, 0.25) is 0 Å². The first kappa shape index (κ1) is 24.4. The molecule has 0 spiro atoms. The molecule has 0 atom stereocenters. The zero-order chi connectivity index (χ0) is 20.5. The smallest absolute Gasteiger partial charge is 0.191 e. The minimum Gasteiger partial charge on any atom is -0.468 e. The molecule has 0 amide bonds. The number of guanidine groups is 1. The summed E-state index contributed by atoms with van der Waals surface area (Å²) in [6.07, 6.45) is 2.61. The summed E-state index contributed by atoms with van der Waals surface area (Å²) in [6.45, 7) is 5.20. The molecule has 0 aliphatic carbocycles. The number of aliphatic imine (C=N–C) groups is 1. The highest BCUT2D eigenvalue weighted by atomic mass is 127. The van der Waals surface area contributed by atoms with Gasteiger partial charge in [0, 0.05) is 38.5 Å². The van der Waals surface area contributed by atoms with Gasteiger partial charge in [-0.05, 0) is 37.2 Å². The van der Waals surface area contributed by atoms with Gasteiger partial charge >= 0.3 is 0 Å². The summed E-state index contributed by atoms with van der Waals surface area (Å²) in [6, 6.07) is 12.4. The molecule has 0 saturated heterocycles. The molecule has 3 aromatic rings. The van der Waals surface area contributed by atoms with Crippen LogP contribution in [0, 0.1) is 6.92 Å². The molecule has 0 saturated carbocycles. The van der Waals surface area contributed by atoms with E-state index >= 15 is 0 Å². The summed E-state index contributed by atoms with van der Waals surface area (Å²) in [5, 5.41) is 10.0. The van der Waals surface area contributed by atoms with Crippen LogP contribution in [0.25, 0.3) is 0 Å². The Morgan fingerprint density at radius 1 is 1.13 bits per heavy atom. The second-order valence-electron chi connectivity index (χ2n) is 6.98. The second kappa shape index (κ2) is 12.7. The predicted molar refractivity (Wildman–Crippen MR) is 134 cm³/mol. The number of rotatable bonds is 9. The first-order valence-corrected chi connectivity index (χ1v) is 10.6. The first-order valence-electron chi connectivity index (χ1n) is 9.77. The number of aromatic nitrogens is 1. The first-order chi connectivity index (χ1) is 14.1. The average Bonchev–Trinajstić information content (AvgIpc) is 3.37. The summed E-state index contributed by atoms with van der Waals surface area (Å²) in [4.78, 5) is 11.1. The van der Waals surface area contributed by atoms with E-state index in [9.17, 15) is 0 Å². The summed E-state index contributed by atoms with van der Waals surface area (Å²) in [7, 11) is 3.90. The molecule has 2 heterocycles. The zero-order valence-electron chi connectivity index (χ0n) is 17.7. The number of thiazole rings is 1. The van der Waals surface area contributed by atoms with E-state index in [1.165, 1.54) is 11.1 Å². The van der Waals surface area contributed by atoms with Crippen LogP contribution in [-0.4, -0.2) is 36.5 Å². The molecule has 1 aromatic carbocycles. The van der Waals surface area contributed by atoms with E-state index in [1.807, 2.05) is 19.1 Å². The highest BCUT2D eigenvalue weighted by Crippen LogP contribution is 2.13. The molecule has 0 bridgehead atoms. The molecule has 3 rings (SSSR count). The Morgan fingerprint density at radius 3 is 2.60 bits per heavy atom. The molecule has 8 heteroatoms.